The molecule has 126 valence electrons. The number of para-hydroxylation sites is 1. The average molecular weight is 333 g/mol. The lowest BCUT2D eigenvalue weighted by Crippen LogP contribution is -2.32. The molecule has 2 aromatic carbocycles. The Balaban J connectivity index is 1.98. The van der Waals surface area contributed by atoms with Crippen molar-refractivity contribution in [1.82, 2.24) is 4.90 Å². The fourth-order valence-electron chi connectivity index (χ4n) is 2.29. The highest BCUT2D eigenvalue weighted by Crippen LogP contribution is 2.13. The van der Waals surface area contributed by atoms with E-state index in [-0.39, 0.29) is 18.7 Å². The summed E-state index contributed by atoms with van der Waals surface area (Å²) in [6.07, 6.45) is 0.500. The number of nitrogens with zero attached hydrogens (tertiary/aromatic N) is 3. The number of nitriles is 2. The van der Waals surface area contributed by atoms with Crippen molar-refractivity contribution in [3.05, 3.63) is 65.7 Å². The van der Waals surface area contributed by atoms with Gasteiger partial charge in [-0.25, -0.2) is 0 Å². The summed E-state index contributed by atoms with van der Waals surface area (Å²) in [7, 11) is 0. The fraction of sp³-hybridized carbons (Fsp3) is 0.250. The van der Waals surface area contributed by atoms with Gasteiger partial charge in [-0.15, -0.1) is 0 Å². The van der Waals surface area contributed by atoms with Crippen molar-refractivity contribution in [2.75, 3.05) is 13.1 Å². The Hall–Kier alpha value is -3.31. The first-order chi connectivity index (χ1) is 12.2. The predicted molar refractivity (Wildman–Crippen MR) is 93.6 cm³/mol. The Morgan fingerprint density at radius 3 is 2.08 bits per heavy atom. The standard InChI is InChI=1S/C20H19N3O2/c21-12-4-14-23(15-5-13-22)20(24)18-10-8-17(9-11-18)16-25-19-6-2-1-3-7-19/h1-3,6-11H,4-5,14-16H2. The largest absolute Gasteiger partial charge is 0.489 e. The van der Waals surface area contributed by atoms with E-state index in [2.05, 4.69) is 0 Å². The highest BCUT2D eigenvalue weighted by Gasteiger charge is 2.15. The molecule has 0 aliphatic heterocycles. The van der Waals surface area contributed by atoms with Crippen LogP contribution in [-0.4, -0.2) is 23.9 Å². The second-order valence-electron chi connectivity index (χ2n) is 5.41. The Kier molecular flexibility index (Phi) is 7.03. The number of rotatable bonds is 8. The van der Waals surface area contributed by atoms with E-state index in [4.69, 9.17) is 15.3 Å². The zero-order valence-corrected chi connectivity index (χ0v) is 13.9. The van der Waals surface area contributed by atoms with E-state index < -0.39 is 0 Å². The molecule has 1 amide bonds. The summed E-state index contributed by atoms with van der Waals surface area (Å²) >= 11 is 0. The van der Waals surface area contributed by atoms with Gasteiger partial charge in [0, 0.05) is 18.7 Å². The van der Waals surface area contributed by atoms with Crippen LogP contribution in [0.5, 0.6) is 5.75 Å². The normalized spacial score (nSPS) is 9.68. The molecule has 25 heavy (non-hydrogen) atoms. The second kappa shape index (κ2) is 9.75. The molecule has 5 nitrogen and oxygen atoms in total. The lowest BCUT2D eigenvalue weighted by molar-refractivity contribution is 0.0762. The van der Waals surface area contributed by atoms with Crippen LogP contribution in [0.15, 0.2) is 54.6 Å². The van der Waals surface area contributed by atoms with Gasteiger partial charge in [0.05, 0.1) is 25.0 Å². The lowest BCUT2D eigenvalue weighted by atomic mass is 10.1. The number of ether oxygens (including phenoxy) is 1. The minimum atomic E-state index is -0.166. The summed E-state index contributed by atoms with van der Waals surface area (Å²) in [6, 6.07) is 20.8. The molecule has 0 fully saturated rings. The third kappa shape index (κ3) is 5.67. The summed E-state index contributed by atoms with van der Waals surface area (Å²) in [5.74, 6) is 0.628. The molecular formula is C20H19N3O2. The van der Waals surface area contributed by atoms with Gasteiger partial charge >= 0.3 is 0 Å². The predicted octanol–water partition coefficient (Wildman–Crippen LogP) is 3.54. The molecule has 2 aromatic rings. The van der Waals surface area contributed by atoms with E-state index in [1.165, 1.54) is 0 Å². The molecule has 0 bridgehead atoms. The van der Waals surface area contributed by atoms with Crippen LogP contribution in [0.3, 0.4) is 0 Å². The monoisotopic (exact) mass is 333 g/mol. The maximum Gasteiger partial charge on any atom is 0.253 e. The van der Waals surface area contributed by atoms with Crippen molar-refractivity contribution < 1.29 is 9.53 Å². The van der Waals surface area contributed by atoms with Crippen LogP contribution in [0.25, 0.3) is 0 Å². The molecule has 0 radical (unpaired) electrons. The molecule has 5 heteroatoms. The van der Waals surface area contributed by atoms with Crippen LogP contribution in [-0.2, 0) is 6.61 Å². The van der Waals surface area contributed by atoms with Gasteiger partial charge in [0.25, 0.3) is 5.91 Å². The van der Waals surface area contributed by atoms with Crippen molar-refractivity contribution in [1.29, 1.82) is 10.5 Å². The molecule has 0 spiro atoms. The third-order valence-electron chi connectivity index (χ3n) is 3.62. The van der Waals surface area contributed by atoms with Crippen molar-refractivity contribution in [2.24, 2.45) is 0 Å². The quantitative estimate of drug-likeness (QED) is 0.740. The number of hydrogen-bond donors (Lipinski definition) is 0. The molecule has 0 aromatic heterocycles. The summed E-state index contributed by atoms with van der Waals surface area (Å²) in [6.45, 7) is 1.08. The van der Waals surface area contributed by atoms with Crippen molar-refractivity contribution in [3.63, 3.8) is 0 Å². The molecule has 2 rings (SSSR count). The van der Waals surface area contributed by atoms with Gasteiger partial charge in [-0.3, -0.25) is 4.79 Å². The molecule has 0 aliphatic rings. The lowest BCUT2D eigenvalue weighted by Gasteiger charge is -2.20. The van der Waals surface area contributed by atoms with Crippen LogP contribution >= 0.6 is 0 Å². The molecular weight excluding hydrogens is 314 g/mol. The number of benzene rings is 2. The third-order valence-corrected chi connectivity index (χ3v) is 3.62. The number of amides is 1. The van der Waals surface area contributed by atoms with E-state index >= 15 is 0 Å². The Labute approximate surface area is 147 Å². The van der Waals surface area contributed by atoms with Crippen LogP contribution in [0, 0.1) is 22.7 Å². The minimum Gasteiger partial charge on any atom is -0.489 e. The maximum atomic E-state index is 12.5. The van der Waals surface area contributed by atoms with Crippen molar-refractivity contribution in [2.45, 2.75) is 19.4 Å². The van der Waals surface area contributed by atoms with E-state index in [0.717, 1.165) is 11.3 Å². The zero-order valence-electron chi connectivity index (χ0n) is 13.9. The molecule has 0 atom stereocenters. The topological polar surface area (TPSA) is 77.1 Å². The van der Waals surface area contributed by atoms with Crippen molar-refractivity contribution in [3.8, 4) is 17.9 Å². The average Bonchev–Trinajstić information content (AvgIpc) is 2.67. The first-order valence-electron chi connectivity index (χ1n) is 8.04. The van der Waals surface area contributed by atoms with Gasteiger partial charge in [-0.05, 0) is 29.8 Å². The Morgan fingerprint density at radius 1 is 0.920 bits per heavy atom. The SMILES string of the molecule is N#CCCN(CCC#N)C(=O)c1ccc(COc2ccccc2)cc1. The maximum absolute atomic E-state index is 12.5. The van der Waals surface area contributed by atoms with Gasteiger partial charge in [0.1, 0.15) is 12.4 Å². The summed E-state index contributed by atoms with van der Waals surface area (Å²) in [5.41, 5.74) is 1.50. The molecule has 0 N–H and O–H groups in total. The molecule has 0 aliphatic carbocycles. The molecule has 0 unspecified atom stereocenters. The van der Waals surface area contributed by atoms with Crippen molar-refractivity contribution >= 4 is 5.91 Å². The van der Waals surface area contributed by atoms with Gasteiger partial charge < -0.3 is 9.64 Å². The number of hydrogen-bond acceptors (Lipinski definition) is 4. The first kappa shape index (κ1) is 18.0. The van der Waals surface area contributed by atoms with Crippen LogP contribution in [0.2, 0.25) is 0 Å². The fourth-order valence-corrected chi connectivity index (χ4v) is 2.29. The Morgan fingerprint density at radius 2 is 1.52 bits per heavy atom. The summed E-state index contributed by atoms with van der Waals surface area (Å²) in [5, 5.41) is 17.4. The summed E-state index contributed by atoms with van der Waals surface area (Å²) < 4.78 is 5.68. The second-order valence-corrected chi connectivity index (χ2v) is 5.41. The summed E-state index contributed by atoms with van der Waals surface area (Å²) in [4.78, 5) is 14.1. The Bertz CT molecular complexity index is 740. The number of carbonyl (C=O) groups is 1. The number of carbonyl (C=O) groups excluding carboxylic acids is 1. The van der Waals surface area contributed by atoms with Crippen LogP contribution in [0.4, 0.5) is 0 Å². The van der Waals surface area contributed by atoms with Gasteiger partial charge in [0.15, 0.2) is 0 Å². The highest BCUT2D eigenvalue weighted by molar-refractivity contribution is 5.94. The molecule has 0 heterocycles. The zero-order chi connectivity index (χ0) is 17.9. The van der Waals surface area contributed by atoms with Gasteiger partial charge in [-0.2, -0.15) is 10.5 Å². The van der Waals surface area contributed by atoms with E-state index in [9.17, 15) is 4.79 Å². The van der Waals surface area contributed by atoms with E-state index in [1.807, 2.05) is 54.6 Å². The minimum absolute atomic E-state index is 0.166. The van der Waals surface area contributed by atoms with Crippen LogP contribution < -0.4 is 4.74 Å². The first-order valence-corrected chi connectivity index (χ1v) is 8.04. The smallest absolute Gasteiger partial charge is 0.253 e. The highest BCUT2D eigenvalue weighted by atomic mass is 16.5. The van der Waals surface area contributed by atoms with Gasteiger partial charge in [-0.1, -0.05) is 30.3 Å². The van der Waals surface area contributed by atoms with E-state index in [1.54, 1.807) is 17.0 Å². The van der Waals surface area contributed by atoms with Crippen LogP contribution in [0.1, 0.15) is 28.8 Å². The molecule has 0 saturated carbocycles. The van der Waals surface area contributed by atoms with E-state index in [0.29, 0.717) is 25.3 Å². The van der Waals surface area contributed by atoms with Gasteiger partial charge in [0.2, 0.25) is 0 Å². The molecule has 0 saturated heterocycles.